The number of imide groups is 1. The van der Waals surface area contributed by atoms with Gasteiger partial charge in [-0.05, 0) is 48.1 Å². The van der Waals surface area contributed by atoms with Gasteiger partial charge in [-0.2, -0.15) is 11.8 Å². The number of fused-ring (bicyclic) bond motifs is 5. The number of anilines is 2. The fourth-order valence-corrected chi connectivity index (χ4v) is 7.89. The van der Waals surface area contributed by atoms with Crippen molar-refractivity contribution in [2.75, 3.05) is 34.9 Å². The number of likely N-dealkylation sites (tertiary alicyclic amines) is 1. The van der Waals surface area contributed by atoms with E-state index in [1.165, 1.54) is 9.80 Å². The molecule has 0 aliphatic carbocycles. The number of carbonyl (C=O) groups excluding carboxylic acids is 4. The van der Waals surface area contributed by atoms with Crippen LogP contribution in [0.5, 0.6) is 0 Å². The Balaban J connectivity index is 1.26. The molecule has 8 nitrogen and oxygen atoms in total. The van der Waals surface area contributed by atoms with E-state index < -0.39 is 17.4 Å². The van der Waals surface area contributed by atoms with Crippen LogP contribution in [0.1, 0.15) is 23.1 Å². The molecule has 1 spiro atoms. The summed E-state index contributed by atoms with van der Waals surface area (Å²) in [6.45, 7) is 0.591. The zero-order valence-electron chi connectivity index (χ0n) is 23.4. The quantitative estimate of drug-likeness (QED) is 0.432. The maximum atomic E-state index is 14.7. The van der Waals surface area contributed by atoms with Crippen LogP contribution in [0.25, 0.3) is 0 Å². The fraction of sp³-hybridized carbons (Fsp3) is 0.333. The molecule has 4 atom stereocenters. The molecular weight excluding hydrogens is 548 g/mol. The van der Waals surface area contributed by atoms with Gasteiger partial charge in [0, 0.05) is 29.5 Å². The molecule has 4 heterocycles. The van der Waals surface area contributed by atoms with Crippen molar-refractivity contribution in [2.45, 2.75) is 31.0 Å². The van der Waals surface area contributed by atoms with E-state index >= 15 is 0 Å². The summed E-state index contributed by atoms with van der Waals surface area (Å²) < 4.78 is 0. The van der Waals surface area contributed by atoms with E-state index in [9.17, 15) is 19.2 Å². The maximum Gasteiger partial charge on any atom is 0.253 e. The first kappa shape index (κ1) is 26.9. The number of nitrogens with zero attached hydrogens (tertiary/aromatic N) is 3. The number of nitrogens with one attached hydrogen (secondary N) is 1. The zero-order valence-corrected chi connectivity index (χ0v) is 24.2. The number of hydrogen-bond acceptors (Lipinski definition) is 6. The molecule has 0 bridgehead atoms. The summed E-state index contributed by atoms with van der Waals surface area (Å²) in [4.78, 5) is 61.2. The van der Waals surface area contributed by atoms with Crippen molar-refractivity contribution in [3.05, 3.63) is 95.6 Å². The molecule has 9 heteroatoms. The number of benzene rings is 3. The van der Waals surface area contributed by atoms with Crippen LogP contribution in [0, 0.1) is 11.8 Å². The van der Waals surface area contributed by atoms with Gasteiger partial charge >= 0.3 is 0 Å². The Labute approximate surface area is 249 Å². The molecule has 7 rings (SSSR count). The van der Waals surface area contributed by atoms with Crippen LogP contribution in [0.15, 0.2) is 78.9 Å². The molecule has 214 valence electrons. The van der Waals surface area contributed by atoms with Crippen LogP contribution in [0.3, 0.4) is 0 Å². The van der Waals surface area contributed by atoms with E-state index in [1.807, 2.05) is 85.1 Å². The van der Waals surface area contributed by atoms with Crippen molar-refractivity contribution >= 4 is 46.8 Å². The summed E-state index contributed by atoms with van der Waals surface area (Å²) in [6, 6.07) is 24.3. The maximum absolute atomic E-state index is 14.7. The van der Waals surface area contributed by atoms with Crippen molar-refractivity contribution in [3.63, 3.8) is 0 Å². The highest BCUT2D eigenvalue weighted by Gasteiger charge is 2.71. The lowest BCUT2D eigenvalue weighted by Crippen LogP contribution is -2.56. The van der Waals surface area contributed by atoms with Gasteiger partial charge in [0.2, 0.25) is 17.7 Å². The predicted molar refractivity (Wildman–Crippen MR) is 162 cm³/mol. The lowest BCUT2D eigenvalue weighted by atomic mass is 9.76. The van der Waals surface area contributed by atoms with Gasteiger partial charge in [-0.3, -0.25) is 29.4 Å². The number of thioether (sulfide) groups is 1. The first-order valence-electron chi connectivity index (χ1n) is 14.4. The predicted octanol–water partition coefficient (Wildman–Crippen LogP) is 3.34. The minimum absolute atomic E-state index is 0.143. The number of carbonyl (C=O) groups is 4. The van der Waals surface area contributed by atoms with Crippen LogP contribution < -0.4 is 15.1 Å². The van der Waals surface area contributed by atoms with Crippen molar-refractivity contribution in [1.29, 1.82) is 0 Å². The van der Waals surface area contributed by atoms with Gasteiger partial charge in [0.15, 0.2) is 0 Å². The van der Waals surface area contributed by atoms with Crippen LogP contribution in [-0.4, -0.2) is 59.7 Å². The Hall–Kier alpha value is -3.95. The first-order chi connectivity index (χ1) is 20.5. The van der Waals surface area contributed by atoms with Gasteiger partial charge in [-0.1, -0.05) is 66.7 Å². The number of amides is 4. The molecule has 4 aliphatic heterocycles. The Morgan fingerprint density at radius 1 is 0.905 bits per heavy atom. The Bertz CT molecular complexity index is 1600. The number of rotatable bonds is 7. The molecule has 0 radical (unpaired) electrons. The summed E-state index contributed by atoms with van der Waals surface area (Å²) in [5.74, 6) is -1.85. The number of hydrogen-bond donors (Lipinski definition) is 1. The van der Waals surface area contributed by atoms with E-state index in [0.717, 1.165) is 29.0 Å². The van der Waals surface area contributed by atoms with Crippen molar-refractivity contribution in [3.8, 4) is 0 Å². The monoisotopic (exact) mass is 580 g/mol. The molecule has 3 aromatic rings. The second-order valence-electron chi connectivity index (χ2n) is 11.4. The highest BCUT2D eigenvalue weighted by Crippen LogP contribution is 2.55. The van der Waals surface area contributed by atoms with Crippen molar-refractivity contribution < 1.29 is 19.2 Å². The van der Waals surface area contributed by atoms with Gasteiger partial charge in [0.05, 0.1) is 18.4 Å². The average molecular weight is 581 g/mol. The summed E-state index contributed by atoms with van der Waals surface area (Å²) in [6.07, 6.45) is 3.42. The topological polar surface area (TPSA) is 90.0 Å². The third kappa shape index (κ3) is 3.94. The highest BCUT2D eigenvalue weighted by atomic mass is 32.2. The molecule has 2 fully saturated rings. The van der Waals surface area contributed by atoms with Crippen molar-refractivity contribution in [2.24, 2.45) is 11.8 Å². The Kier molecular flexibility index (Phi) is 6.66. The van der Waals surface area contributed by atoms with Crippen LogP contribution >= 0.6 is 11.8 Å². The van der Waals surface area contributed by atoms with Crippen molar-refractivity contribution in [1.82, 2.24) is 10.2 Å². The summed E-state index contributed by atoms with van der Waals surface area (Å²) in [5, 5.41) is 3.55. The molecule has 42 heavy (non-hydrogen) atoms. The summed E-state index contributed by atoms with van der Waals surface area (Å²) >= 11 is 1.67. The SMILES string of the molecule is CSCC[C@@H]1N[C@]2(C(=O)N(CC(=O)N3CCc4ccccc43)c3ccccc32)[C@@H]2C(=O)N(Cc3ccccc3)C(=O)[C@@H]12. The standard InChI is InChI=1S/C33H32N4O4S/c1-42-18-16-24-28-29(31(40)37(30(28)39)19-21-9-3-2-4-10-21)33(34-24)23-12-6-8-14-26(23)36(32(33)41)20-27(38)35-17-15-22-11-5-7-13-25(22)35/h2-14,24,28-29,34H,15-20H2,1H3/t24-,28-,29-,33-/m0/s1. The van der Waals surface area contributed by atoms with E-state index in [0.29, 0.717) is 24.2 Å². The third-order valence-electron chi connectivity index (χ3n) is 9.26. The molecule has 1 N–H and O–H groups in total. The van der Waals surface area contributed by atoms with Gasteiger partial charge in [0.1, 0.15) is 12.1 Å². The van der Waals surface area contributed by atoms with E-state index in [-0.39, 0.29) is 42.8 Å². The van der Waals surface area contributed by atoms with Crippen LogP contribution in [0.4, 0.5) is 11.4 Å². The Morgan fingerprint density at radius 3 is 2.40 bits per heavy atom. The minimum atomic E-state index is -1.41. The largest absolute Gasteiger partial charge is 0.310 e. The normalized spacial score (nSPS) is 25.9. The van der Waals surface area contributed by atoms with Gasteiger partial charge in [-0.15, -0.1) is 0 Å². The average Bonchev–Trinajstić information content (AvgIpc) is 3.72. The van der Waals surface area contributed by atoms with Crippen LogP contribution in [0.2, 0.25) is 0 Å². The second-order valence-corrected chi connectivity index (χ2v) is 12.4. The molecule has 4 aliphatic rings. The van der Waals surface area contributed by atoms with Gasteiger partial charge < -0.3 is 9.80 Å². The molecule has 0 aromatic heterocycles. The van der Waals surface area contributed by atoms with E-state index in [4.69, 9.17) is 0 Å². The van der Waals surface area contributed by atoms with Gasteiger partial charge in [0.25, 0.3) is 5.91 Å². The molecule has 0 unspecified atom stereocenters. The minimum Gasteiger partial charge on any atom is -0.310 e. The lowest BCUT2D eigenvalue weighted by molar-refractivity contribution is -0.143. The van der Waals surface area contributed by atoms with Gasteiger partial charge in [-0.25, -0.2) is 0 Å². The highest BCUT2D eigenvalue weighted by molar-refractivity contribution is 7.98. The summed E-state index contributed by atoms with van der Waals surface area (Å²) in [5.41, 5.74) is 2.71. The van der Waals surface area contributed by atoms with E-state index in [2.05, 4.69) is 5.32 Å². The first-order valence-corrected chi connectivity index (χ1v) is 15.8. The van der Waals surface area contributed by atoms with Crippen LogP contribution in [-0.2, 0) is 37.7 Å². The molecular formula is C33H32N4O4S. The smallest absolute Gasteiger partial charge is 0.253 e. The zero-order chi connectivity index (χ0) is 29.0. The molecule has 3 aromatic carbocycles. The van der Waals surface area contributed by atoms with E-state index in [1.54, 1.807) is 16.7 Å². The number of para-hydroxylation sites is 2. The molecule has 4 amide bonds. The molecule has 2 saturated heterocycles. The molecule has 0 saturated carbocycles. The fourth-order valence-electron chi connectivity index (χ4n) is 7.40. The summed E-state index contributed by atoms with van der Waals surface area (Å²) in [7, 11) is 0. The Morgan fingerprint density at radius 2 is 1.62 bits per heavy atom. The second kappa shape index (κ2) is 10.4. The third-order valence-corrected chi connectivity index (χ3v) is 9.90. The lowest BCUT2D eigenvalue weighted by Gasteiger charge is -2.31.